The predicted molar refractivity (Wildman–Crippen MR) is 108 cm³/mol. The third kappa shape index (κ3) is 6.16. The van der Waals surface area contributed by atoms with Gasteiger partial charge in [0, 0.05) is 25.4 Å². The van der Waals surface area contributed by atoms with E-state index in [1.807, 2.05) is 30.4 Å². The van der Waals surface area contributed by atoms with E-state index >= 15 is 0 Å². The van der Waals surface area contributed by atoms with E-state index in [1.165, 1.54) is 0 Å². The summed E-state index contributed by atoms with van der Waals surface area (Å²) in [6.07, 6.45) is 8.38. The second kappa shape index (κ2) is 10.7. The molecule has 28 heavy (non-hydrogen) atoms. The van der Waals surface area contributed by atoms with Gasteiger partial charge in [0.15, 0.2) is 0 Å². The standard InChI is InChI=1S/C23H32O5/c24-21-14-22-19(12-11-18(15-28-22)8-4-10-23(25)26)20(21)16-27-13-5-9-17-6-2-1-3-7-17/h1-3,5-7,9,18-22,24H,4,8,10-16H2,(H,25,26)/b9-5+/t18-,19+,20+,21+,22-/m0/s1. The minimum absolute atomic E-state index is 0.105. The molecule has 2 aliphatic rings. The van der Waals surface area contributed by atoms with Gasteiger partial charge in [-0.1, -0.05) is 42.5 Å². The van der Waals surface area contributed by atoms with Crippen LogP contribution in [0.2, 0.25) is 0 Å². The van der Waals surface area contributed by atoms with Crippen LogP contribution in [0.25, 0.3) is 6.08 Å². The van der Waals surface area contributed by atoms with Crippen LogP contribution in [0.4, 0.5) is 0 Å². The summed E-state index contributed by atoms with van der Waals surface area (Å²) < 4.78 is 12.0. The highest BCUT2D eigenvalue weighted by Gasteiger charge is 2.44. The monoisotopic (exact) mass is 388 g/mol. The number of aliphatic hydroxyl groups is 1. The molecule has 0 spiro atoms. The first-order valence-electron chi connectivity index (χ1n) is 10.4. The van der Waals surface area contributed by atoms with Crippen LogP contribution in [0.15, 0.2) is 36.4 Å². The van der Waals surface area contributed by atoms with E-state index in [1.54, 1.807) is 0 Å². The van der Waals surface area contributed by atoms with Crippen molar-refractivity contribution in [1.29, 1.82) is 0 Å². The molecule has 0 bridgehead atoms. The first-order chi connectivity index (χ1) is 13.6. The molecule has 5 atom stereocenters. The van der Waals surface area contributed by atoms with Crippen molar-refractivity contribution in [2.24, 2.45) is 17.8 Å². The smallest absolute Gasteiger partial charge is 0.303 e. The average Bonchev–Trinajstić information content (AvgIpc) is 2.84. The summed E-state index contributed by atoms with van der Waals surface area (Å²) in [6, 6.07) is 10.1. The van der Waals surface area contributed by atoms with Crippen molar-refractivity contribution >= 4 is 12.0 Å². The van der Waals surface area contributed by atoms with Crippen LogP contribution >= 0.6 is 0 Å². The number of ether oxygens (including phenoxy) is 2. The third-order valence-corrected chi connectivity index (χ3v) is 6.09. The summed E-state index contributed by atoms with van der Waals surface area (Å²) in [5.74, 6) is 0.149. The quantitative estimate of drug-likeness (QED) is 0.630. The summed E-state index contributed by atoms with van der Waals surface area (Å²) >= 11 is 0. The minimum atomic E-state index is -0.729. The van der Waals surface area contributed by atoms with Crippen LogP contribution < -0.4 is 0 Å². The number of aliphatic hydroxyl groups excluding tert-OH is 1. The van der Waals surface area contributed by atoms with Crippen LogP contribution in [0.5, 0.6) is 0 Å². The number of hydrogen-bond donors (Lipinski definition) is 2. The maximum Gasteiger partial charge on any atom is 0.303 e. The molecule has 2 fully saturated rings. The number of fused-ring (bicyclic) bond motifs is 1. The van der Waals surface area contributed by atoms with Crippen LogP contribution in [0.3, 0.4) is 0 Å². The van der Waals surface area contributed by atoms with Crippen molar-refractivity contribution in [2.75, 3.05) is 19.8 Å². The van der Waals surface area contributed by atoms with E-state index in [4.69, 9.17) is 14.6 Å². The number of carbonyl (C=O) groups is 1. The normalized spacial score (nSPS) is 30.2. The average molecular weight is 389 g/mol. The van der Waals surface area contributed by atoms with Gasteiger partial charge in [-0.3, -0.25) is 4.79 Å². The van der Waals surface area contributed by atoms with Gasteiger partial charge < -0.3 is 19.7 Å². The van der Waals surface area contributed by atoms with Crippen molar-refractivity contribution < 1.29 is 24.5 Å². The van der Waals surface area contributed by atoms with Crippen molar-refractivity contribution in [3.8, 4) is 0 Å². The first-order valence-corrected chi connectivity index (χ1v) is 10.4. The lowest BCUT2D eigenvalue weighted by Crippen LogP contribution is -2.26. The number of carboxylic acid groups (broad SMARTS) is 1. The molecular formula is C23H32O5. The Morgan fingerprint density at radius 2 is 2.07 bits per heavy atom. The Morgan fingerprint density at radius 3 is 2.86 bits per heavy atom. The molecule has 1 saturated carbocycles. The Hall–Kier alpha value is -1.69. The molecule has 1 aliphatic carbocycles. The molecule has 3 rings (SSSR count). The maximum atomic E-state index is 10.7. The number of carboxylic acids is 1. The lowest BCUT2D eigenvalue weighted by Gasteiger charge is -2.23. The fourth-order valence-corrected chi connectivity index (χ4v) is 4.54. The fraction of sp³-hybridized carbons (Fsp3) is 0.609. The lowest BCUT2D eigenvalue weighted by atomic mass is 9.87. The molecule has 1 aromatic carbocycles. The van der Waals surface area contributed by atoms with Crippen molar-refractivity contribution in [2.45, 2.75) is 50.7 Å². The number of hydrogen-bond acceptors (Lipinski definition) is 4. The second-order valence-electron chi connectivity index (χ2n) is 8.08. The molecule has 0 unspecified atom stereocenters. The SMILES string of the molecule is O=C(O)CCC[C@H]1CC[C@@H]2[C@@H](COC/C=C/c3ccccc3)[C@H](O)C[C@@H]2OC1. The van der Waals surface area contributed by atoms with Gasteiger partial charge in [-0.25, -0.2) is 0 Å². The molecule has 1 heterocycles. The van der Waals surface area contributed by atoms with Crippen molar-refractivity contribution in [1.82, 2.24) is 0 Å². The summed E-state index contributed by atoms with van der Waals surface area (Å²) in [7, 11) is 0. The zero-order chi connectivity index (χ0) is 19.8. The predicted octanol–water partition coefficient (Wildman–Crippen LogP) is 3.76. The maximum absolute atomic E-state index is 10.7. The lowest BCUT2D eigenvalue weighted by molar-refractivity contribution is -0.137. The van der Waals surface area contributed by atoms with E-state index in [2.05, 4.69) is 12.1 Å². The van der Waals surface area contributed by atoms with Crippen LogP contribution in [-0.4, -0.2) is 48.2 Å². The number of aliphatic carboxylic acids is 1. The summed E-state index contributed by atoms with van der Waals surface area (Å²) in [6.45, 7) is 1.77. The molecule has 5 heteroatoms. The molecule has 154 valence electrons. The Morgan fingerprint density at radius 1 is 1.25 bits per heavy atom. The zero-order valence-electron chi connectivity index (χ0n) is 16.4. The van der Waals surface area contributed by atoms with Gasteiger partial charge in [0.1, 0.15) is 0 Å². The first kappa shape index (κ1) is 21.0. The second-order valence-corrected chi connectivity index (χ2v) is 8.08. The van der Waals surface area contributed by atoms with Gasteiger partial charge in [0.05, 0.1) is 25.4 Å². The van der Waals surface area contributed by atoms with E-state index in [-0.39, 0.29) is 24.5 Å². The molecule has 0 amide bonds. The Labute approximate surface area is 167 Å². The van der Waals surface area contributed by atoms with Crippen LogP contribution in [0, 0.1) is 17.8 Å². The van der Waals surface area contributed by atoms with E-state index in [0.717, 1.165) is 24.8 Å². The van der Waals surface area contributed by atoms with Crippen LogP contribution in [-0.2, 0) is 14.3 Å². The summed E-state index contributed by atoms with van der Waals surface area (Å²) in [4.78, 5) is 10.7. The summed E-state index contributed by atoms with van der Waals surface area (Å²) in [5, 5.41) is 19.3. The highest BCUT2D eigenvalue weighted by molar-refractivity contribution is 5.66. The van der Waals surface area contributed by atoms with Gasteiger partial charge in [-0.2, -0.15) is 0 Å². The molecule has 0 radical (unpaired) electrons. The van der Waals surface area contributed by atoms with Gasteiger partial charge in [0.2, 0.25) is 0 Å². The van der Waals surface area contributed by atoms with Gasteiger partial charge in [-0.15, -0.1) is 0 Å². The van der Waals surface area contributed by atoms with Gasteiger partial charge in [0.25, 0.3) is 0 Å². The van der Waals surface area contributed by atoms with E-state index < -0.39 is 5.97 Å². The third-order valence-electron chi connectivity index (χ3n) is 6.09. The van der Waals surface area contributed by atoms with Crippen molar-refractivity contribution in [3.63, 3.8) is 0 Å². The molecule has 2 N–H and O–H groups in total. The molecule has 1 saturated heterocycles. The largest absolute Gasteiger partial charge is 0.481 e. The fourth-order valence-electron chi connectivity index (χ4n) is 4.54. The summed E-state index contributed by atoms with van der Waals surface area (Å²) in [5.41, 5.74) is 1.15. The molecule has 1 aromatic rings. The Bertz CT molecular complexity index is 629. The van der Waals surface area contributed by atoms with Crippen molar-refractivity contribution in [3.05, 3.63) is 42.0 Å². The zero-order valence-corrected chi connectivity index (χ0v) is 16.4. The topological polar surface area (TPSA) is 76.0 Å². The Kier molecular flexibility index (Phi) is 8.07. The number of rotatable bonds is 9. The minimum Gasteiger partial charge on any atom is -0.481 e. The van der Waals surface area contributed by atoms with E-state index in [0.29, 0.717) is 44.5 Å². The molecule has 1 aliphatic heterocycles. The Balaban J connectivity index is 1.42. The highest BCUT2D eigenvalue weighted by atomic mass is 16.5. The highest BCUT2D eigenvalue weighted by Crippen LogP contribution is 2.41. The molecular weight excluding hydrogens is 356 g/mol. The molecule has 5 nitrogen and oxygen atoms in total. The van der Waals surface area contributed by atoms with E-state index in [9.17, 15) is 9.90 Å². The van der Waals surface area contributed by atoms with Crippen LogP contribution in [0.1, 0.15) is 44.1 Å². The van der Waals surface area contributed by atoms with Gasteiger partial charge >= 0.3 is 5.97 Å². The van der Waals surface area contributed by atoms with Gasteiger partial charge in [-0.05, 0) is 43.1 Å². The molecule has 0 aromatic heterocycles. The number of benzene rings is 1.